The molecule has 2 aromatic rings. The summed E-state index contributed by atoms with van der Waals surface area (Å²) in [5.74, 6) is 0.758. The standard InChI is InChI=1S/C14H12Cl2N2/c15-11-6-2-1-4-9(11)8-13-17-12-7-3-5-10(12)14(16)18-13/h1-2,4,6H,3,5,7-8H2. The fourth-order valence-electron chi connectivity index (χ4n) is 2.33. The Balaban J connectivity index is 1.95. The zero-order chi connectivity index (χ0) is 12.5. The lowest BCUT2D eigenvalue weighted by Gasteiger charge is -2.06. The van der Waals surface area contributed by atoms with Crippen molar-refractivity contribution in [3.8, 4) is 0 Å². The summed E-state index contributed by atoms with van der Waals surface area (Å²) in [6, 6.07) is 7.76. The molecule has 92 valence electrons. The van der Waals surface area contributed by atoms with Crippen LogP contribution in [0.3, 0.4) is 0 Å². The van der Waals surface area contributed by atoms with Gasteiger partial charge in [-0.25, -0.2) is 9.97 Å². The van der Waals surface area contributed by atoms with E-state index >= 15 is 0 Å². The Labute approximate surface area is 116 Å². The SMILES string of the molecule is Clc1ccccc1Cc1nc(Cl)c2c(n1)CCC2. The van der Waals surface area contributed by atoms with Crippen LogP contribution in [-0.4, -0.2) is 9.97 Å². The first-order chi connectivity index (χ1) is 8.74. The molecule has 0 saturated heterocycles. The van der Waals surface area contributed by atoms with E-state index in [1.165, 1.54) is 0 Å². The Morgan fingerprint density at radius 1 is 1.06 bits per heavy atom. The zero-order valence-electron chi connectivity index (χ0n) is 9.79. The Morgan fingerprint density at radius 3 is 2.72 bits per heavy atom. The second-order valence-electron chi connectivity index (χ2n) is 4.48. The van der Waals surface area contributed by atoms with Crippen molar-refractivity contribution in [2.75, 3.05) is 0 Å². The minimum Gasteiger partial charge on any atom is -0.237 e. The quantitative estimate of drug-likeness (QED) is 0.780. The number of hydrogen-bond acceptors (Lipinski definition) is 2. The van der Waals surface area contributed by atoms with E-state index in [0.717, 1.165) is 46.9 Å². The predicted octanol–water partition coefficient (Wildman–Crippen LogP) is 3.86. The molecule has 3 rings (SSSR count). The summed E-state index contributed by atoms with van der Waals surface area (Å²) in [5, 5.41) is 1.36. The van der Waals surface area contributed by atoms with Crippen LogP contribution in [0, 0.1) is 0 Å². The van der Waals surface area contributed by atoms with Crippen molar-refractivity contribution in [1.29, 1.82) is 0 Å². The number of aryl methyl sites for hydroxylation is 1. The van der Waals surface area contributed by atoms with Crippen LogP contribution in [0.1, 0.15) is 29.1 Å². The smallest absolute Gasteiger partial charge is 0.136 e. The summed E-state index contributed by atoms with van der Waals surface area (Å²) in [5.41, 5.74) is 3.27. The van der Waals surface area contributed by atoms with Gasteiger partial charge in [0.25, 0.3) is 0 Å². The van der Waals surface area contributed by atoms with Crippen LogP contribution in [0.4, 0.5) is 0 Å². The van der Waals surface area contributed by atoms with Crippen molar-refractivity contribution in [1.82, 2.24) is 9.97 Å². The van der Waals surface area contributed by atoms with Gasteiger partial charge in [0.2, 0.25) is 0 Å². The van der Waals surface area contributed by atoms with Crippen LogP contribution >= 0.6 is 23.2 Å². The van der Waals surface area contributed by atoms with Gasteiger partial charge in [-0.05, 0) is 30.9 Å². The van der Waals surface area contributed by atoms with Gasteiger partial charge in [0.05, 0.1) is 0 Å². The molecule has 1 aliphatic rings. The number of aromatic nitrogens is 2. The zero-order valence-corrected chi connectivity index (χ0v) is 11.3. The first-order valence-corrected chi connectivity index (χ1v) is 6.77. The van der Waals surface area contributed by atoms with Gasteiger partial charge in [0.1, 0.15) is 11.0 Å². The summed E-state index contributed by atoms with van der Waals surface area (Å²) in [6.07, 6.45) is 3.76. The maximum Gasteiger partial charge on any atom is 0.136 e. The van der Waals surface area contributed by atoms with Crippen LogP contribution in [0.5, 0.6) is 0 Å². The molecule has 1 heterocycles. The van der Waals surface area contributed by atoms with Gasteiger partial charge in [0, 0.05) is 22.7 Å². The number of halogens is 2. The predicted molar refractivity (Wildman–Crippen MR) is 73.3 cm³/mol. The van der Waals surface area contributed by atoms with Crippen molar-refractivity contribution in [3.05, 3.63) is 57.1 Å². The normalized spacial score (nSPS) is 13.7. The van der Waals surface area contributed by atoms with Crippen LogP contribution in [0.2, 0.25) is 10.2 Å². The first-order valence-electron chi connectivity index (χ1n) is 6.01. The number of hydrogen-bond donors (Lipinski definition) is 0. The molecule has 0 radical (unpaired) electrons. The van der Waals surface area contributed by atoms with Gasteiger partial charge >= 0.3 is 0 Å². The largest absolute Gasteiger partial charge is 0.237 e. The average molecular weight is 279 g/mol. The van der Waals surface area contributed by atoms with E-state index in [1.807, 2.05) is 24.3 Å². The van der Waals surface area contributed by atoms with Gasteiger partial charge in [0.15, 0.2) is 0 Å². The molecule has 0 unspecified atom stereocenters. The van der Waals surface area contributed by atoms with E-state index in [4.69, 9.17) is 23.2 Å². The van der Waals surface area contributed by atoms with E-state index in [1.54, 1.807) is 0 Å². The first kappa shape index (κ1) is 11.9. The highest BCUT2D eigenvalue weighted by atomic mass is 35.5. The second kappa shape index (κ2) is 4.87. The number of nitrogens with zero attached hydrogens (tertiary/aromatic N) is 2. The van der Waals surface area contributed by atoms with Crippen LogP contribution in [0.15, 0.2) is 24.3 Å². The molecule has 1 aliphatic carbocycles. The molecule has 0 saturated carbocycles. The third-order valence-electron chi connectivity index (χ3n) is 3.24. The van der Waals surface area contributed by atoms with E-state index in [2.05, 4.69) is 9.97 Å². The average Bonchev–Trinajstić information content (AvgIpc) is 2.81. The fraction of sp³-hybridized carbons (Fsp3) is 0.286. The molecule has 0 aliphatic heterocycles. The van der Waals surface area contributed by atoms with E-state index in [0.29, 0.717) is 11.6 Å². The molecule has 1 aromatic carbocycles. The minimum absolute atomic E-state index is 0.611. The van der Waals surface area contributed by atoms with Gasteiger partial charge in [-0.1, -0.05) is 41.4 Å². The van der Waals surface area contributed by atoms with Crippen molar-refractivity contribution in [2.45, 2.75) is 25.7 Å². The Bertz CT molecular complexity index is 596. The van der Waals surface area contributed by atoms with E-state index in [9.17, 15) is 0 Å². The summed E-state index contributed by atoms with van der Waals surface area (Å²) < 4.78 is 0. The third kappa shape index (κ3) is 2.23. The monoisotopic (exact) mass is 278 g/mol. The molecular weight excluding hydrogens is 267 g/mol. The lowest BCUT2D eigenvalue weighted by atomic mass is 10.1. The highest BCUT2D eigenvalue weighted by Crippen LogP contribution is 2.27. The summed E-state index contributed by atoms with van der Waals surface area (Å²) in [6.45, 7) is 0. The topological polar surface area (TPSA) is 25.8 Å². The molecule has 0 spiro atoms. The maximum atomic E-state index is 6.20. The summed E-state index contributed by atoms with van der Waals surface area (Å²) in [4.78, 5) is 8.97. The highest BCUT2D eigenvalue weighted by Gasteiger charge is 2.18. The van der Waals surface area contributed by atoms with Crippen LogP contribution in [-0.2, 0) is 19.3 Å². The van der Waals surface area contributed by atoms with Gasteiger partial charge < -0.3 is 0 Å². The van der Waals surface area contributed by atoms with E-state index < -0.39 is 0 Å². The molecular formula is C14H12Cl2N2. The maximum absolute atomic E-state index is 6.20. The Morgan fingerprint density at radius 2 is 1.89 bits per heavy atom. The van der Waals surface area contributed by atoms with Crippen molar-refractivity contribution < 1.29 is 0 Å². The van der Waals surface area contributed by atoms with Crippen molar-refractivity contribution >= 4 is 23.2 Å². The highest BCUT2D eigenvalue weighted by molar-refractivity contribution is 6.31. The molecule has 2 nitrogen and oxygen atoms in total. The molecule has 1 aromatic heterocycles. The number of rotatable bonds is 2. The molecule has 4 heteroatoms. The summed E-state index contributed by atoms with van der Waals surface area (Å²) >= 11 is 12.3. The Hall–Kier alpha value is -1.12. The van der Waals surface area contributed by atoms with Gasteiger partial charge in [-0.2, -0.15) is 0 Å². The van der Waals surface area contributed by atoms with Gasteiger partial charge in [-0.3, -0.25) is 0 Å². The Kier molecular flexibility index (Phi) is 3.23. The second-order valence-corrected chi connectivity index (χ2v) is 5.24. The molecule has 0 bridgehead atoms. The van der Waals surface area contributed by atoms with Crippen molar-refractivity contribution in [2.24, 2.45) is 0 Å². The van der Waals surface area contributed by atoms with Crippen LogP contribution in [0.25, 0.3) is 0 Å². The van der Waals surface area contributed by atoms with E-state index in [-0.39, 0.29) is 0 Å². The number of benzene rings is 1. The summed E-state index contributed by atoms with van der Waals surface area (Å²) in [7, 11) is 0. The lowest BCUT2D eigenvalue weighted by molar-refractivity contribution is 0.885. The fourth-order valence-corrected chi connectivity index (χ4v) is 2.83. The lowest BCUT2D eigenvalue weighted by Crippen LogP contribution is -2.02. The molecule has 0 N–H and O–H groups in total. The minimum atomic E-state index is 0.611. The molecule has 0 atom stereocenters. The van der Waals surface area contributed by atoms with Crippen molar-refractivity contribution in [3.63, 3.8) is 0 Å². The number of fused-ring (bicyclic) bond motifs is 1. The third-order valence-corrected chi connectivity index (χ3v) is 3.92. The van der Waals surface area contributed by atoms with Gasteiger partial charge in [-0.15, -0.1) is 0 Å². The molecule has 0 fully saturated rings. The molecule has 0 amide bonds. The molecule has 18 heavy (non-hydrogen) atoms. The van der Waals surface area contributed by atoms with Crippen LogP contribution < -0.4 is 0 Å².